The Labute approximate surface area is 178 Å². The Bertz CT molecular complexity index is 1260. The Hall–Kier alpha value is -3.21. The fraction of sp³-hybridized carbons (Fsp3) is 0.300. The molecule has 1 fully saturated rings. The third-order valence-corrected chi connectivity index (χ3v) is 6.16. The summed E-state index contributed by atoms with van der Waals surface area (Å²) < 4.78 is 47.0. The number of carbonyl (C=O) groups excluding carboxylic acids is 1. The quantitative estimate of drug-likeness (QED) is 0.453. The summed E-state index contributed by atoms with van der Waals surface area (Å²) in [6.07, 6.45) is -2.06. The Morgan fingerprint density at radius 2 is 2.16 bits per heavy atom. The molecule has 0 saturated carbocycles. The number of alkyl halides is 3. The highest BCUT2D eigenvalue weighted by molar-refractivity contribution is 7.13. The van der Waals surface area contributed by atoms with Crippen LogP contribution in [0.15, 0.2) is 40.4 Å². The van der Waals surface area contributed by atoms with E-state index in [0.29, 0.717) is 33.8 Å². The van der Waals surface area contributed by atoms with Gasteiger partial charge in [0.15, 0.2) is 11.3 Å². The molecule has 31 heavy (non-hydrogen) atoms. The molecule has 1 saturated heterocycles. The molecule has 11 heteroatoms. The Morgan fingerprint density at radius 3 is 2.84 bits per heavy atom. The monoisotopic (exact) mass is 447 g/mol. The summed E-state index contributed by atoms with van der Waals surface area (Å²) >= 11 is 1.27. The maximum Gasteiger partial charge on any atom is 0.433 e. The molecule has 0 aliphatic carbocycles. The maximum absolute atomic E-state index is 13.7. The van der Waals surface area contributed by atoms with Gasteiger partial charge < -0.3 is 9.42 Å². The van der Waals surface area contributed by atoms with Crippen LogP contribution in [0.4, 0.5) is 13.2 Å². The van der Waals surface area contributed by atoms with Crippen LogP contribution >= 0.6 is 11.3 Å². The van der Waals surface area contributed by atoms with Gasteiger partial charge in [0.1, 0.15) is 17.0 Å². The van der Waals surface area contributed by atoms with E-state index in [2.05, 4.69) is 15.2 Å². The molecule has 0 N–H and O–H groups in total. The molecule has 1 amide bonds. The summed E-state index contributed by atoms with van der Waals surface area (Å²) in [5.74, 6) is 0.199. The number of thiophene rings is 1. The van der Waals surface area contributed by atoms with E-state index in [9.17, 15) is 18.0 Å². The van der Waals surface area contributed by atoms with Crippen molar-refractivity contribution in [3.8, 4) is 10.6 Å². The van der Waals surface area contributed by atoms with Gasteiger partial charge in [-0.3, -0.25) is 4.79 Å². The molecule has 4 aromatic rings. The molecule has 0 spiro atoms. The zero-order valence-electron chi connectivity index (χ0n) is 16.3. The Morgan fingerprint density at radius 1 is 1.32 bits per heavy atom. The highest BCUT2D eigenvalue weighted by atomic mass is 32.1. The van der Waals surface area contributed by atoms with Crippen molar-refractivity contribution in [3.05, 3.63) is 58.6 Å². The molecule has 1 atom stereocenters. The second-order valence-corrected chi connectivity index (χ2v) is 8.26. The van der Waals surface area contributed by atoms with Crippen molar-refractivity contribution in [1.82, 2.24) is 24.7 Å². The van der Waals surface area contributed by atoms with Crippen molar-refractivity contribution in [1.29, 1.82) is 0 Å². The first-order valence-corrected chi connectivity index (χ1v) is 10.4. The topological polar surface area (TPSA) is 76.5 Å². The standard InChI is InChI=1S/C20H16F3N5O2S/c1-11-8-13(26-30-11)15-4-2-6-27(15)19(29)12-10-24-28-17(20(21,22)23)9-14(25-18(12)28)16-5-3-7-31-16/h3,5,7-10,15H,2,4,6H2,1H3/t15-/m0/s1. The van der Waals surface area contributed by atoms with Crippen molar-refractivity contribution < 1.29 is 22.5 Å². The fourth-order valence-corrected chi connectivity index (χ4v) is 4.57. The molecule has 5 heterocycles. The van der Waals surface area contributed by atoms with E-state index in [0.717, 1.165) is 18.7 Å². The predicted molar refractivity (Wildman–Crippen MR) is 106 cm³/mol. The van der Waals surface area contributed by atoms with Gasteiger partial charge in [-0.2, -0.15) is 18.3 Å². The van der Waals surface area contributed by atoms with Gasteiger partial charge in [-0.05, 0) is 37.3 Å². The first-order chi connectivity index (χ1) is 14.8. The van der Waals surface area contributed by atoms with Crippen molar-refractivity contribution in [2.24, 2.45) is 0 Å². The maximum atomic E-state index is 13.7. The zero-order chi connectivity index (χ0) is 21.8. The zero-order valence-corrected chi connectivity index (χ0v) is 17.1. The van der Waals surface area contributed by atoms with Crippen molar-refractivity contribution in [3.63, 3.8) is 0 Å². The number of nitrogens with zero attached hydrogens (tertiary/aromatic N) is 5. The molecule has 5 rings (SSSR count). The van der Waals surface area contributed by atoms with Crippen molar-refractivity contribution in [2.75, 3.05) is 6.54 Å². The summed E-state index contributed by atoms with van der Waals surface area (Å²) in [7, 11) is 0. The molecular weight excluding hydrogens is 431 g/mol. The van der Waals surface area contributed by atoms with E-state index in [1.807, 2.05) is 0 Å². The molecule has 160 valence electrons. The molecule has 4 aromatic heterocycles. The third kappa shape index (κ3) is 3.38. The number of hydrogen-bond acceptors (Lipinski definition) is 6. The van der Waals surface area contributed by atoms with E-state index in [4.69, 9.17) is 4.52 Å². The lowest BCUT2D eigenvalue weighted by atomic mass is 10.1. The first-order valence-electron chi connectivity index (χ1n) is 9.57. The van der Waals surface area contributed by atoms with Crippen LogP contribution in [0.2, 0.25) is 0 Å². The van der Waals surface area contributed by atoms with E-state index in [-0.39, 0.29) is 22.9 Å². The number of aryl methyl sites for hydroxylation is 1. The summed E-state index contributed by atoms with van der Waals surface area (Å²) in [6, 6.07) is 5.84. The highest BCUT2D eigenvalue weighted by Crippen LogP contribution is 2.36. The van der Waals surface area contributed by atoms with E-state index < -0.39 is 17.8 Å². The second kappa shape index (κ2) is 7.19. The lowest BCUT2D eigenvalue weighted by Gasteiger charge is -2.22. The van der Waals surface area contributed by atoms with Crippen LogP contribution in [0.25, 0.3) is 16.2 Å². The number of halogens is 3. The van der Waals surface area contributed by atoms with Gasteiger partial charge in [0.25, 0.3) is 5.91 Å². The van der Waals surface area contributed by atoms with Gasteiger partial charge in [0, 0.05) is 12.6 Å². The minimum Gasteiger partial charge on any atom is -0.361 e. The molecular formula is C20H16F3N5O2S. The van der Waals surface area contributed by atoms with E-state index in [1.165, 1.54) is 11.3 Å². The smallest absolute Gasteiger partial charge is 0.361 e. The van der Waals surface area contributed by atoms with Gasteiger partial charge in [0.05, 0.1) is 22.8 Å². The minimum absolute atomic E-state index is 0.0241. The number of aromatic nitrogens is 4. The lowest BCUT2D eigenvalue weighted by molar-refractivity contribution is -0.142. The number of hydrogen-bond donors (Lipinski definition) is 0. The summed E-state index contributed by atoms with van der Waals surface area (Å²) in [4.78, 5) is 19.9. The molecule has 1 aliphatic heterocycles. The summed E-state index contributed by atoms with van der Waals surface area (Å²) in [5.41, 5.74) is -0.302. The Kier molecular flexibility index (Phi) is 4.58. The van der Waals surface area contributed by atoms with Gasteiger partial charge in [-0.1, -0.05) is 11.2 Å². The predicted octanol–water partition coefficient (Wildman–Crippen LogP) is 4.75. The van der Waals surface area contributed by atoms with Gasteiger partial charge in [0.2, 0.25) is 0 Å². The lowest BCUT2D eigenvalue weighted by Crippen LogP contribution is -2.30. The van der Waals surface area contributed by atoms with Crippen molar-refractivity contribution in [2.45, 2.75) is 32.0 Å². The average Bonchev–Trinajstić information content (AvgIpc) is 3.51. The van der Waals surface area contributed by atoms with E-state index in [1.54, 1.807) is 35.4 Å². The number of fused-ring (bicyclic) bond motifs is 1. The van der Waals surface area contributed by atoms with Crippen LogP contribution in [-0.4, -0.2) is 37.1 Å². The average molecular weight is 447 g/mol. The van der Waals surface area contributed by atoms with Crippen LogP contribution in [0.1, 0.15) is 46.4 Å². The SMILES string of the molecule is Cc1cc([C@@H]2CCCN2C(=O)c2cnn3c(C(F)(F)F)cc(-c4cccs4)nc23)no1. The molecule has 0 radical (unpaired) electrons. The number of amides is 1. The summed E-state index contributed by atoms with van der Waals surface area (Å²) in [5, 5.41) is 9.63. The number of likely N-dealkylation sites (tertiary alicyclic amines) is 1. The van der Waals surface area contributed by atoms with E-state index >= 15 is 0 Å². The minimum atomic E-state index is -4.66. The fourth-order valence-electron chi connectivity index (χ4n) is 3.88. The molecule has 7 nitrogen and oxygen atoms in total. The number of rotatable bonds is 3. The van der Waals surface area contributed by atoms with Crippen LogP contribution in [0, 0.1) is 6.92 Å². The van der Waals surface area contributed by atoms with Crippen LogP contribution in [0.5, 0.6) is 0 Å². The first kappa shape index (κ1) is 19.7. The Balaban J connectivity index is 1.61. The largest absolute Gasteiger partial charge is 0.433 e. The van der Waals surface area contributed by atoms with Crippen LogP contribution in [-0.2, 0) is 6.18 Å². The molecule has 0 unspecified atom stereocenters. The molecule has 0 bridgehead atoms. The van der Waals surface area contributed by atoms with Crippen LogP contribution in [0.3, 0.4) is 0 Å². The molecule has 0 aromatic carbocycles. The molecule has 1 aliphatic rings. The second-order valence-electron chi connectivity index (χ2n) is 7.31. The summed E-state index contributed by atoms with van der Waals surface area (Å²) in [6.45, 7) is 2.22. The van der Waals surface area contributed by atoms with Gasteiger partial charge in [-0.25, -0.2) is 9.50 Å². The normalized spacial score (nSPS) is 17.0. The van der Waals surface area contributed by atoms with Gasteiger partial charge >= 0.3 is 6.18 Å². The number of carbonyl (C=O) groups is 1. The highest BCUT2D eigenvalue weighted by Gasteiger charge is 2.38. The van der Waals surface area contributed by atoms with Crippen LogP contribution < -0.4 is 0 Å². The third-order valence-electron chi connectivity index (χ3n) is 5.27. The van der Waals surface area contributed by atoms with Gasteiger partial charge in [-0.15, -0.1) is 11.3 Å². The van der Waals surface area contributed by atoms with Crippen molar-refractivity contribution >= 4 is 22.9 Å².